The summed E-state index contributed by atoms with van der Waals surface area (Å²) >= 11 is 0. The molecule has 0 fully saturated rings. The first-order chi connectivity index (χ1) is 1.73. The van der Waals surface area contributed by atoms with Crippen molar-refractivity contribution < 1.29 is 37.5 Å². The summed E-state index contributed by atoms with van der Waals surface area (Å²) in [5.41, 5.74) is 0. The number of hydrogen-bond donors (Lipinski definition) is 0. The number of hydrogen-bond acceptors (Lipinski definition) is 3. The van der Waals surface area contributed by atoms with Crippen LogP contribution in [0.25, 0.3) is 0 Å². The summed E-state index contributed by atoms with van der Waals surface area (Å²) in [5, 5.41) is 14.8. The van der Waals surface area contributed by atoms with Crippen molar-refractivity contribution in [2.24, 2.45) is 0 Å². The first-order valence-electron chi connectivity index (χ1n) is 0.548. The van der Waals surface area contributed by atoms with E-state index in [9.17, 15) is 0 Å². The van der Waals surface area contributed by atoms with E-state index in [1.165, 1.54) is 0 Å². The largest absolute Gasteiger partial charge is 2.00 e. The summed E-state index contributed by atoms with van der Waals surface area (Å²) in [6.45, 7) is 0. The van der Waals surface area contributed by atoms with Crippen LogP contribution in [0.3, 0.4) is 0 Å². The summed E-state index contributed by atoms with van der Waals surface area (Å²) < 4.78 is 0. The van der Waals surface area contributed by atoms with Gasteiger partial charge < -0.3 is 18.2 Å². The molecule has 0 radical (unpaired) electrons. The Morgan fingerprint density at radius 2 is 1.50 bits per heavy atom. The van der Waals surface area contributed by atoms with Gasteiger partial charge in [-0.15, -0.1) is 0 Å². The van der Waals surface area contributed by atoms with Crippen molar-refractivity contribution in [2.45, 2.75) is 0 Å². The SMILES string of the molecule is O=[N+]([O-])[O-].[Ca+2].[H-].[H-].[Na+]. The van der Waals surface area contributed by atoms with E-state index < -0.39 is 5.09 Å². The molecule has 0 aromatic carbocycles. The molecule has 0 aromatic rings. The van der Waals surface area contributed by atoms with Gasteiger partial charge in [-0.1, -0.05) is 0 Å². The first kappa shape index (κ1) is 15.7. The molecule has 0 N–H and O–H groups in total. The van der Waals surface area contributed by atoms with Gasteiger partial charge >= 0.3 is 67.3 Å². The van der Waals surface area contributed by atoms with Crippen molar-refractivity contribution in [2.75, 3.05) is 0 Å². The average molecular weight is 127 g/mol. The Morgan fingerprint density at radius 1 is 1.50 bits per heavy atom. The number of nitrogens with zero attached hydrogens (tertiary/aromatic N) is 1. The first-order valence-corrected chi connectivity index (χ1v) is 0.548. The predicted molar refractivity (Wildman–Crippen MR) is 18.3 cm³/mol. The van der Waals surface area contributed by atoms with E-state index in [0.717, 1.165) is 0 Å². The fraction of sp³-hybridized carbons (Fsp3) is 0. The third kappa shape index (κ3) is 51.0. The molecule has 0 aromatic heterocycles. The monoisotopic (exact) mass is 127 g/mol. The summed E-state index contributed by atoms with van der Waals surface area (Å²) in [7, 11) is 0. The third-order valence-electron chi connectivity index (χ3n) is 0. The quantitative estimate of drug-likeness (QED) is 0.193. The molecule has 28 valence electrons. The fourth-order valence-electron chi connectivity index (χ4n) is 0. The van der Waals surface area contributed by atoms with Gasteiger partial charge in [0, 0.05) is 0 Å². The van der Waals surface area contributed by atoms with E-state index in [2.05, 4.69) is 0 Å². The number of rotatable bonds is 0. The molecule has 0 amide bonds. The molecule has 0 aliphatic heterocycles. The summed E-state index contributed by atoms with van der Waals surface area (Å²) in [5.74, 6) is 0. The van der Waals surface area contributed by atoms with Gasteiger partial charge in [-0.05, 0) is 0 Å². The second-order valence-electron chi connectivity index (χ2n) is 0.224. The maximum Gasteiger partial charge on any atom is 2.00 e. The fourth-order valence-corrected chi connectivity index (χ4v) is 0. The molecule has 4 nitrogen and oxygen atoms in total. The molecule has 6 heavy (non-hydrogen) atoms. The Labute approximate surface area is 89.3 Å². The van der Waals surface area contributed by atoms with Gasteiger partial charge in [0.2, 0.25) is 0 Å². The van der Waals surface area contributed by atoms with Crippen LogP contribution >= 0.6 is 0 Å². The van der Waals surface area contributed by atoms with Gasteiger partial charge in [-0.2, -0.15) is 0 Å². The second kappa shape index (κ2) is 9.68. The minimum Gasteiger partial charge on any atom is -1.00 e. The average Bonchev–Trinajstić information content (AvgIpc) is 0.811. The van der Waals surface area contributed by atoms with Crippen molar-refractivity contribution in [1.29, 1.82) is 0 Å². The zero-order valence-electron chi connectivity index (χ0n) is 5.38. The molecule has 0 bridgehead atoms. The minimum atomic E-state index is -1.75. The molecule has 0 spiro atoms. The molecule has 6 heteroatoms. The maximum absolute atomic E-state index is 8.25. The molecule has 0 unspecified atom stereocenters. The van der Waals surface area contributed by atoms with Crippen LogP contribution < -0.4 is 29.6 Å². The Hall–Kier alpha value is 1.46. The summed E-state index contributed by atoms with van der Waals surface area (Å²) in [6, 6.07) is 0. The van der Waals surface area contributed by atoms with E-state index in [0.29, 0.717) is 0 Å². The van der Waals surface area contributed by atoms with Crippen LogP contribution in [0.1, 0.15) is 2.85 Å². The van der Waals surface area contributed by atoms with Crippen LogP contribution in [0.2, 0.25) is 0 Å². The van der Waals surface area contributed by atoms with Crippen LogP contribution in [0.15, 0.2) is 0 Å². The molecule has 0 atom stereocenters. The van der Waals surface area contributed by atoms with Gasteiger partial charge in [0.1, 0.15) is 0 Å². The van der Waals surface area contributed by atoms with Gasteiger partial charge in [0.05, 0.1) is 5.09 Å². The second-order valence-corrected chi connectivity index (χ2v) is 0.224. The van der Waals surface area contributed by atoms with Crippen molar-refractivity contribution >= 4 is 37.7 Å². The van der Waals surface area contributed by atoms with Crippen LogP contribution in [0.5, 0.6) is 0 Å². The summed E-state index contributed by atoms with van der Waals surface area (Å²) in [6.07, 6.45) is 0. The summed E-state index contributed by atoms with van der Waals surface area (Å²) in [4.78, 5) is 8.25. The van der Waals surface area contributed by atoms with E-state index in [1.807, 2.05) is 0 Å². The molecular formula is H2CaNNaO3. The van der Waals surface area contributed by atoms with Crippen molar-refractivity contribution in [3.63, 3.8) is 0 Å². The molecule has 0 aliphatic rings. The smallest absolute Gasteiger partial charge is 1.00 e. The zero-order chi connectivity index (χ0) is 3.58. The van der Waals surface area contributed by atoms with Crippen LogP contribution in [0.4, 0.5) is 0 Å². The van der Waals surface area contributed by atoms with Crippen LogP contribution in [-0.2, 0) is 0 Å². The molecule has 0 heterocycles. The molecule has 0 aliphatic carbocycles. The van der Waals surface area contributed by atoms with E-state index >= 15 is 0 Å². The van der Waals surface area contributed by atoms with Crippen LogP contribution in [-0.4, -0.2) is 42.8 Å². The van der Waals surface area contributed by atoms with Crippen molar-refractivity contribution in [1.82, 2.24) is 0 Å². The normalized spacial score (nSPS) is 4.00. The predicted octanol–water partition coefficient (Wildman–Crippen LogP) is -3.39. The maximum atomic E-state index is 8.25. The molecule has 0 saturated heterocycles. The molecular weight excluding hydrogens is 125 g/mol. The zero-order valence-corrected chi connectivity index (χ0v) is 7.59. The van der Waals surface area contributed by atoms with E-state index in [4.69, 9.17) is 15.3 Å². The Morgan fingerprint density at radius 3 is 1.50 bits per heavy atom. The van der Waals surface area contributed by atoms with Gasteiger partial charge in [0.15, 0.2) is 0 Å². The van der Waals surface area contributed by atoms with Gasteiger partial charge in [-0.3, -0.25) is 0 Å². The Bertz CT molecular complexity index is 40.3. The van der Waals surface area contributed by atoms with Crippen LogP contribution in [0, 0.1) is 15.3 Å². The molecule has 0 saturated carbocycles. The Kier molecular flexibility index (Phi) is 25.3. The Balaban J connectivity index is -0.00000000750. The standard InChI is InChI=1S/Ca.NO3.Na.2H/c;2-1(3)4;;;/q+2;-1;+1;2*-1. The minimum absolute atomic E-state index is 0. The van der Waals surface area contributed by atoms with Crippen molar-refractivity contribution in [3.8, 4) is 0 Å². The third-order valence-corrected chi connectivity index (χ3v) is 0. The topological polar surface area (TPSA) is 66.2 Å². The van der Waals surface area contributed by atoms with Crippen molar-refractivity contribution in [3.05, 3.63) is 15.3 Å². The van der Waals surface area contributed by atoms with Gasteiger partial charge in [0.25, 0.3) is 0 Å². The van der Waals surface area contributed by atoms with Gasteiger partial charge in [-0.25, -0.2) is 0 Å². The molecule has 0 rings (SSSR count). The van der Waals surface area contributed by atoms with E-state index in [1.54, 1.807) is 0 Å². The van der Waals surface area contributed by atoms with E-state index in [-0.39, 0.29) is 70.1 Å².